The van der Waals surface area contributed by atoms with Gasteiger partial charge in [-0.05, 0) is 39.7 Å². The molecule has 2 aliphatic heterocycles. The highest BCUT2D eigenvalue weighted by Gasteiger charge is 2.32. The van der Waals surface area contributed by atoms with Crippen LogP contribution >= 0.6 is 0 Å². The van der Waals surface area contributed by atoms with Crippen molar-refractivity contribution in [3.05, 3.63) is 17.8 Å². The Balaban J connectivity index is 1.46. The van der Waals surface area contributed by atoms with Crippen LogP contribution in [-0.2, 0) is 4.74 Å². The highest BCUT2D eigenvalue weighted by molar-refractivity contribution is 5.96. The van der Waals surface area contributed by atoms with Gasteiger partial charge in [-0.2, -0.15) is 0 Å². The van der Waals surface area contributed by atoms with Gasteiger partial charge in [0.05, 0.1) is 0 Å². The molecule has 32 heavy (non-hydrogen) atoms. The number of pyridine rings is 1. The average molecular weight is 446 g/mol. The maximum Gasteiger partial charge on any atom is 0.410 e. The van der Waals surface area contributed by atoms with Gasteiger partial charge in [0.15, 0.2) is 5.84 Å². The maximum atomic E-state index is 12.4. The van der Waals surface area contributed by atoms with Gasteiger partial charge in [0.2, 0.25) is 0 Å². The molecule has 10 heteroatoms. The molecule has 1 saturated carbocycles. The van der Waals surface area contributed by atoms with Crippen molar-refractivity contribution in [3.8, 4) is 0 Å². The third kappa shape index (κ3) is 5.35. The standard InChI is InChI=1S/C22H35N7O3/c1-22(2,3)32-21(30)29-12-8-27(9-13-29)17-14-18(20(23)25-31)24-19(15-17)28-10-6-26(7-11-28)16-4-5-16/h14-16,31H,4-13H2,1-3H3,(H2,23,25). The van der Waals surface area contributed by atoms with E-state index in [1.807, 2.05) is 26.8 Å². The van der Waals surface area contributed by atoms with E-state index < -0.39 is 5.60 Å². The fourth-order valence-corrected chi connectivity index (χ4v) is 4.26. The molecule has 1 aliphatic carbocycles. The van der Waals surface area contributed by atoms with Crippen molar-refractivity contribution in [2.45, 2.75) is 45.3 Å². The lowest BCUT2D eigenvalue weighted by molar-refractivity contribution is 0.0240. The van der Waals surface area contributed by atoms with Crippen molar-refractivity contribution >= 4 is 23.4 Å². The van der Waals surface area contributed by atoms with Crippen LogP contribution in [0.25, 0.3) is 0 Å². The summed E-state index contributed by atoms with van der Waals surface area (Å²) in [6, 6.07) is 4.69. The largest absolute Gasteiger partial charge is 0.444 e. The number of carbonyl (C=O) groups is 1. The summed E-state index contributed by atoms with van der Waals surface area (Å²) < 4.78 is 5.50. The summed E-state index contributed by atoms with van der Waals surface area (Å²) in [4.78, 5) is 25.8. The van der Waals surface area contributed by atoms with E-state index >= 15 is 0 Å². The second kappa shape index (κ2) is 9.01. The number of nitrogens with two attached hydrogens (primary N) is 1. The van der Waals surface area contributed by atoms with Crippen LogP contribution in [0.4, 0.5) is 16.3 Å². The fraction of sp³-hybridized carbons (Fsp3) is 0.682. The van der Waals surface area contributed by atoms with Crippen molar-refractivity contribution in [1.82, 2.24) is 14.8 Å². The van der Waals surface area contributed by atoms with E-state index in [4.69, 9.17) is 10.5 Å². The molecular formula is C22H35N7O3. The minimum atomic E-state index is -0.506. The monoisotopic (exact) mass is 445 g/mol. The molecule has 1 aromatic heterocycles. The smallest absolute Gasteiger partial charge is 0.410 e. The number of aromatic nitrogens is 1. The number of ether oxygens (including phenoxy) is 1. The Labute approximate surface area is 189 Å². The quantitative estimate of drug-likeness (QED) is 0.311. The Morgan fingerprint density at radius 3 is 2.25 bits per heavy atom. The molecule has 0 radical (unpaired) electrons. The molecule has 0 aromatic carbocycles. The van der Waals surface area contributed by atoms with Crippen LogP contribution in [0.2, 0.25) is 0 Å². The fourth-order valence-electron chi connectivity index (χ4n) is 4.26. The summed E-state index contributed by atoms with van der Waals surface area (Å²) in [6.45, 7) is 12.0. The van der Waals surface area contributed by atoms with E-state index in [0.29, 0.717) is 31.9 Å². The molecule has 3 fully saturated rings. The third-order valence-corrected chi connectivity index (χ3v) is 6.16. The molecule has 176 valence electrons. The number of piperazine rings is 2. The number of hydrogen-bond acceptors (Lipinski definition) is 8. The predicted molar refractivity (Wildman–Crippen MR) is 124 cm³/mol. The lowest BCUT2D eigenvalue weighted by Gasteiger charge is -2.38. The predicted octanol–water partition coefficient (Wildman–Crippen LogP) is 1.52. The summed E-state index contributed by atoms with van der Waals surface area (Å²) in [7, 11) is 0. The molecule has 0 atom stereocenters. The number of rotatable bonds is 4. The zero-order valence-corrected chi connectivity index (χ0v) is 19.3. The summed E-state index contributed by atoms with van der Waals surface area (Å²) in [5, 5.41) is 12.4. The van der Waals surface area contributed by atoms with Gasteiger partial charge in [0.25, 0.3) is 0 Å². The Hall–Kier alpha value is -2.75. The van der Waals surface area contributed by atoms with Gasteiger partial charge in [0, 0.05) is 70.2 Å². The molecule has 3 aliphatic rings. The van der Waals surface area contributed by atoms with Crippen LogP contribution in [0.3, 0.4) is 0 Å². The van der Waals surface area contributed by atoms with E-state index in [0.717, 1.165) is 43.7 Å². The topological polar surface area (TPSA) is 111 Å². The van der Waals surface area contributed by atoms with Gasteiger partial charge >= 0.3 is 6.09 Å². The number of oxime groups is 1. The Bertz CT molecular complexity index is 850. The highest BCUT2D eigenvalue weighted by atomic mass is 16.6. The first-order chi connectivity index (χ1) is 15.2. The van der Waals surface area contributed by atoms with Crippen LogP contribution < -0.4 is 15.5 Å². The first-order valence-electron chi connectivity index (χ1n) is 11.5. The second-order valence-corrected chi connectivity index (χ2v) is 9.76. The molecule has 0 spiro atoms. The zero-order valence-electron chi connectivity index (χ0n) is 19.3. The summed E-state index contributed by atoms with van der Waals surface area (Å²) >= 11 is 0. The molecule has 10 nitrogen and oxygen atoms in total. The maximum absolute atomic E-state index is 12.4. The summed E-state index contributed by atoms with van der Waals surface area (Å²) in [6.07, 6.45) is 2.35. The van der Waals surface area contributed by atoms with E-state index in [9.17, 15) is 10.0 Å². The minimum Gasteiger partial charge on any atom is -0.444 e. The molecular weight excluding hydrogens is 410 g/mol. The number of hydrogen-bond donors (Lipinski definition) is 2. The van der Waals surface area contributed by atoms with Crippen LogP contribution in [0.15, 0.2) is 17.3 Å². The van der Waals surface area contributed by atoms with Gasteiger partial charge in [-0.25, -0.2) is 9.78 Å². The Morgan fingerprint density at radius 1 is 1.06 bits per heavy atom. The second-order valence-electron chi connectivity index (χ2n) is 9.76. The van der Waals surface area contributed by atoms with E-state index in [2.05, 4.69) is 30.9 Å². The number of nitrogens with zero attached hydrogens (tertiary/aromatic N) is 6. The first kappa shape index (κ1) is 22.4. The summed E-state index contributed by atoms with van der Waals surface area (Å²) in [5.74, 6) is 0.839. The van der Waals surface area contributed by atoms with Gasteiger partial charge in [-0.3, -0.25) is 4.90 Å². The minimum absolute atomic E-state index is 0.00268. The van der Waals surface area contributed by atoms with Crippen LogP contribution in [-0.4, -0.2) is 95.9 Å². The first-order valence-corrected chi connectivity index (χ1v) is 11.5. The number of carbonyl (C=O) groups excluding carboxylic acids is 1. The van der Waals surface area contributed by atoms with Crippen molar-refractivity contribution < 1.29 is 14.7 Å². The van der Waals surface area contributed by atoms with Crippen molar-refractivity contribution in [3.63, 3.8) is 0 Å². The molecule has 4 rings (SSSR count). The molecule has 3 heterocycles. The van der Waals surface area contributed by atoms with Crippen LogP contribution in [0.5, 0.6) is 0 Å². The number of anilines is 2. The lowest BCUT2D eigenvalue weighted by atomic mass is 10.2. The number of amides is 1. The zero-order chi connectivity index (χ0) is 22.9. The Kier molecular flexibility index (Phi) is 6.32. The van der Waals surface area contributed by atoms with E-state index in [1.54, 1.807) is 4.90 Å². The molecule has 1 amide bonds. The molecule has 0 unspecified atom stereocenters. The van der Waals surface area contributed by atoms with Crippen molar-refractivity contribution in [2.75, 3.05) is 62.2 Å². The van der Waals surface area contributed by atoms with Gasteiger partial charge in [-0.15, -0.1) is 0 Å². The molecule has 3 N–H and O–H groups in total. The molecule has 1 aromatic rings. The molecule has 2 saturated heterocycles. The lowest BCUT2D eigenvalue weighted by Crippen LogP contribution is -2.50. The average Bonchev–Trinajstić information content (AvgIpc) is 3.63. The van der Waals surface area contributed by atoms with Gasteiger partial charge in [-0.1, -0.05) is 5.16 Å². The van der Waals surface area contributed by atoms with E-state index in [1.165, 1.54) is 12.8 Å². The SMILES string of the molecule is CC(C)(C)OC(=O)N1CCN(c2cc(/C(N)=N/O)nc(N3CCN(C4CC4)CC3)c2)CC1. The highest BCUT2D eigenvalue weighted by Crippen LogP contribution is 2.29. The van der Waals surface area contributed by atoms with Crippen LogP contribution in [0, 0.1) is 0 Å². The van der Waals surface area contributed by atoms with Gasteiger partial charge < -0.3 is 30.4 Å². The van der Waals surface area contributed by atoms with Crippen molar-refractivity contribution in [2.24, 2.45) is 10.9 Å². The van der Waals surface area contributed by atoms with E-state index in [-0.39, 0.29) is 11.9 Å². The summed E-state index contributed by atoms with van der Waals surface area (Å²) in [5.41, 5.74) is 6.82. The van der Waals surface area contributed by atoms with Gasteiger partial charge in [0.1, 0.15) is 17.1 Å². The Morgan fingerprint density at radius 2 is 1.69 bits per heavy atom. The van der Waals surface area contributed by atoms with Crippen LogP contribution in [0.1, 0.15) is 39.3 Å². The normalized spacial score (nSPS) is 21.1. The number of amidine groups is 1. The third-order valence-electron chi connectivity index (χ3n) is 6.16. The van der Waals surface area contributed by atoms with Crippen molar-refractivity contribution in [1.29, 1.82) is 0 Å². The molecule has 0 bridgehead atoms.